The molecule has 2 N–H and O–H groups in total. The van der Waals surface area contributed by atoms with E-state index in [4.69, 9.17) is 5.73 Å². The second-order valence-electron chi connectivity index (χ2n) is 6.36. The number of nitrogens with two attached hydrogens (primary N) is 1. The molecule has 2 rings (SSSR count). The molecule has 1 saturated carbocycles. The van der Waals surface area contributed by atoms with Crippen molar-refractivity contribution in [3.05, 3.63) is 11.8 Å². The Morgan fingerprint density at radius 3 is 2.48 bits per heavy atom. The number of nitrogens with zero attached hydrogens (tertiary/aromatic N) is 2. The third-order valence-corrected chi connectivity index (χ3v) is 4.98. The Morgan fingerprint density at radius 2 is 1.95 bits per heavy atom. The molecule has 2 aliphatic rings. The molecule has 120 valence electrons. The first-order valence-corrected chi connectivity index (χ1v) is 8.64. The van der Waals surface area contributed by atoms with E-state index in [0.29, 0.717) is 18.6 Å². The molecule has 1 fully saturated rings. The number of hydrogen-bond donors (Lipinski definition) is 1. The van der Waals surface area contributed by atoms with Crippen molar-refractivity contribution in [1.29, 1.82) is 0 Å². The van der Waals surface area contributed by atoms with E-state index in [0.717, 1.165) is 51.6 Å². The number of carbonyl (C=O) groups is 1. The lowest BCUT2D eigenvalue weighted by atomic mass is 9.90. The molecule has 4 heteroatoms. The highest BCUT2D eigenvalue weighted by Crippen LogP contribution is 2.24. The quantitative estimate of drug-likeness (QED) is 0.818. The molecule has 1 amide bonds. The highest BCUT2D eigenvalue weighted by molar-refractivity contribution is 5.80. The Bertz CT molecular complexity index is 372. The maximum atomic E-state index is 12.7. The van der Waals surface area contributed by atoms with Gasteiger partial charge in [0.15, 0.2) is 0 Å². The average Bonchev–Trinajstić information content (AvgIpc) is 3.00. The predicted octanol–water partition coefficient (Wildman–Crippen LogP) is 2.49. The van der Waals surface area contributed by atoms with Crippen molar-refractivity contribution < 1.29 is 4.79 Å². The van der Waals surface area contributed by atoms with Gasteiger partial charge in [-0.1, -0.05) is 13.0 Å². The topological polar surface area (TPSA) is 49.6 Å². The van der Waals surface area contributed by atoms with E-state index in [1.54, 1.807) is 0 Å². The van der Waals surface area contributed by atoms with Crippen LogP contribution in [0.4, 0.5) is 0 Å². The van der Waals surface area contributed by atoms with Crippen molar-refractivity contribution in [2.45, 2.75) is 70.9 Å². The molecule has 0 radical (unpaired) electrons. The molecular weight excluding hydrogens is 262 g/mol. The van der Waals surface area contributed by atoms with Crippen LogP contribution in [-0.2, 0) is 4.79 Å². The minimum Gasteiger partial charge on any atom is -0.328 e. The maximum absolute atomic E-state index is 12.7. The molecule has 0 aromatic rings. The van der Waals surface area contributed by atoms with Gasteiger partial charge in [-0.3, -0.25) is 9.69 Å². The summed E-state index contributed by atoms with van der Waals surface area (Å²) < 4.78 is 0. The second kappa shape index (κ2) is 7.95. The van der Waals surface area contributed by atoms with Crippen LogP contribution in [0.1, 0.15) is 58.8 Å². The van der Waals surface area contributed by atoms with Crippen molar-refractivity contribution in [3.63, 3.8) is 0 Å². The van der Waals surface area contributed by atoms with Crippen LogP contribution >= 0.6 is 0 Å². The standard InChI is InChI=1S/C17H31N3O/c1-3-19(15-11-9-14(18)10-12-15)13-17(21)20(4-2)16-7-5-6-8-16/h7,14-15H,3-6,8-13,18H2,1-2H3. The summed E-state index contributed by atoms with van der Waals surface area (Å²) in [6.07, 6.45) is 10.1. The van der Waals surface area contributed by atoms with Gasteiger partial charge in [0.2, 0.25) is 5.91 Å². The summed E-state index contributed by atoms with van der Waals surface area (Å²) in [6, 6.07) is 0.904. The fraction of sp³-hybridized carbons (Fsp3) is 0.824. The molecule has 21 heavy (non-hydrogen) atoms. The van der Waals surface area contributed by atoms with Gasteiger partial charge >= 0.3 is 0 Å². The van der Waals surface area contributed by atoms with Crippen molar-refractivity contribution in [2.75, 3.05) is 19.6 Å². The summed E-state index contributed by atoms with van der Waals surface area (Å²) in [6.45, 7) is 6.53. The third-order valence-electron chi connectivity index (χ3n) is 4.98. The van der Waals surface area contributed by atoms with Gasteiger partial charge in [0.1, 0.15) is 0 Å². The van der Waals surface area contributed by atoms with Gasteiger partial charge in [-0.05, 0) is 58.4 Å². The fourth-order valence-corrected chi connectivity index (χ4v) is 3.66. The Kier molecular flexibility index (Phi) is 6.24. The van der Waals surface area contributed by atoms with Gasteiger partial charge in [0.25, 0.3) is 0 Å². The summed E-state index contributed by atoms with van der Waals surface area (Å²) in [4.78, 5) is 17.0. The SMILES string of the molecule is CCN(C(=O)CN(CC)C1CCC(N)CC1)C1=CCCC1. The summed E-state index contributed by atoms with van der Waals surface area (Å²) in [5, 5.41) is 0. The molecule has 0 unspecified atom stereocenters. The van der Waals surface area contributed by atoms with E-state index in [1.165, 1.54) is 12.1 Å². The summed E-state index contributed by atoms with van der Waals surface area (Å²) in [7, 11) is 0. The van der Waals surface area contributed by atoms with Gasteiger partial charge in [0, 0.05) is 24.3 Å². The monoisotopic (exact) mass is 293 g/mol. The summed E-state index contributed by atoms with van der Waals surface area (Å²) >= 11 is 0. The molecule has 2 aliphatic carbocycles. The van der Waals surface area contributed by atoms with Crippen LogP contribution < -0.4 is 5.73 Å². The smallest absolute Gasteiger partial charge is 0.240 e. The minimum absolute atomic E-state index is 0.266. The Balaban J connectivity index is 1.92. The number of likely N-dealkylation sites (N-methyl/N-ethyl adjacent to an activating group) is 2. The third kappa shape index (κ3) is 4.30. The van der Waals surface area contributed by atoms with Crippen molar-refractivity contribution in [1.82, 2.24) is 9.80 Å². The molecule has 0 atom stereocenters. The van der Waals surface area contributed by atoms with Gasteiger partial charge in [0.05, 0.1) is 6.54 Å². The van der Waals surface area contributed by atoms with Crippen LogP contribution in [0.25, 0.3) is 0 Å². The number of allylic oxidation sites excluding steroid dienone is 2. The normalized spacial score (nSPS) is 26.0. The molecule has 0 saturated heterocycles. The highest BCUT2D eigenvalue weighted by Gasteiger charge is 2.27. The van der Waals surface area contributed by atoms with Gasteiger partial charge in [-0.2, -0.15) is 0 Å². The zero-order valence-corrected chi connectivity index (χ0v) is 13.7. The first-order chi connectivity index (χ1) is 10.2. The van der Waals surface area contributed by atoms with Crippen LogP contribution in [0, 0.1) is 0 Å². The van der Waals surface area contributed by atoms with Crippen LogP contribution in [0.3, 0.4) is 0 Å². The lowest BCUT2D eigenvalue weighted by Gasteiger charge is -2.36. The van der Waals surface area contributed by atoms with Gasteiger partial charge in [-0.15, -0.1) is 0 Å². The molecular formula is C17H31N3O. The average molecular weight is 293 g/mol. The molecule has 0 aromatic heterocycles. The largest absolute Gasteiger partial charge is 0.328 e. The van der Waals surface area contributed by atoms with Crippen LogP contribution in [0.15, 0.2) is 11.8 Å². The first-order valence-electron chi connectivity index (χ1n) is 8.64. The van der Waals surface area contributed by atoms with E-state index < -0.39 is 0 Å². The predicted molar refractivity (Wildman–Crippen MR) is 86.8 cm³/mol. The molecule has 4 nitrogen and oxygen atoms in total. The van der Waals surface area contributed by atoms with E-state index in [2.05, 4.69) is 24.8 Å². The van der Waals surface area contributed by atoms with Crippen LogP contribution in [0.5, 0.6) is 0 Å². The molecule has 0 bridgehead atoms. The number of rotatable bonds is 6. The summed E-state index contributed by atoms with van der Waals surface area (Å²) in [5.74, 6) is 0.266. The van der Waals surface area contributed by atoms with E-state index in [-0.39, 0.29) is 5.91 Å². The van der Waals surface area contributed by atoms with Gasteiger partial charge in [-0.25, -0.2) is 0 Å². The van der Waals surface area contributed by atoms with Gasteiger partial charge < -0.3 is 10.6 Å². The van der Waals surface area contributed by atoms with Crippen LogP contribution in [0.2, 0.25) is 0 Å². The number of carbonyl (C=O) groups excluding carboxylic acids is 1. The second-order valence-corrected chi connectivity index (χ2v) is 6.36. The molecule has 0 spiro atoms. The first kappa shape index (κ1) is 16.5. The zero-order chi connectivity index (χ0) is 15.2. The van der Waals surface area contributed by atoms with Crippen molar-refractivity contribution in [2.24, 2.45) is 5.73 Å². The molecule has 0 heterocycles. The van der Waals surface area contributed by atoms with Crippen molar-refractivity contribution in [3.8, 4) is 0 Å². The van der Waals surface area contributed by atoms with E-state index in [1.807, 2.05) is 4.90 Å². The highest BCUT2D eigenvalue weighted by atomic mass is 16.2. The number of amides is 1. The lowest BCUT2D eigenvalue weighted by Crippen LogP contribution is -2.46. The number of hydrogen-bond acceptors (Lipinski definition) is 3. The lowest BCUT2D eigenvalue weighted by molar-refractivity contribution is -0.131. The minimum atomic E-state index is 0.266. The van der Waals surface area contributed by atoms with Crippen LogP contribution in [-0.4, -0.2) is 47.4 Å². The Hall–Kier alpha value is -0.870. The zero-order valence-electron chi connectivity index (χ0n) is 13.7. The Morgan fingerprint density at radius 1 is 1.24 bits per heavy atom. The molecule has 0 aliphatic heterocycles. The fourth-order valence-electron chi connectivity index (χ4n) is 3.66. The summed E-state index contributed by atoms with van der Waals surface area (Å²) in [5.41, 5.74) is 7.23. The Labute approximate surface area is 129 Å². The van der Waals surface area contributed by atoms with E-state index >= 15 is 0 Å². The van der Waals surface area contributed by atoms with Crippen molar-refractivity contribution >= 4 is 5.91 Å². The van der Waals surface area contributed by atoms with E-state index in [9.17, 15) is 4.79 Å². The molecule has 0 aromatic carbocycles. The maximum Gasteiger partial charge on any atom is 0.240 e.